The van der Waals surface area contributed by atoms with Crippen molar-refractivity contribution in [3.8, 4) is 11.5 Å². The highest BCUT2D eigenvalue weighted by Gasteiger charge is 2.24. The molecule has 0 aliphatic carbocycles. The van der Waals surface area contributed by atoms with Crippen LogP contribution in [0.25, 0.3) is 0 Å². The Bertz CT molecular complexity index is 780. The summed E-state index contributed by atoms with van der Waals surface area (Å²) in [4.78, 5) is 4.27. The van der Waals surface area contributed by atoms with Crippen LogP contribution in [0.3, 0.4) is 0 Å². The molecule has 158 valence electrons. The monoisotopic (exact) mass is 524 g/mol. The van der Waals surface area contributed by atoms with E-state index in [2.05, 4.69) is 15.6 Å². The van der Waals surface area contributed by atoms with Crippen LogP contribution < -0.4 is 20.1 Å². The summed E-state index contributed by atoms with van der Waals surface area (Å²) in [6.45, 7) is 3.23. The van der Waals surface area contributed by atoms with E-state index >= 15 is 0 Å². The number of halogens is 1. The zero-order valence-electron chi connectivity index (χ0n) is 16.3. The summed E-state index contributed by atoms with van der Waals surface area (Å²) in [5.41, 5.74) is 0.874. The van der Waals surface area contributed by atoms with Gasteiger partial charge in [-0.3, -0.25) is 4.99 Å². The normalized spacial score (nSPS) is 18.7. The van der Waals surface area contributed by atoms with E-state index in [1.807, 2.05) is 18.2 Å². The molecule has 1 fully saturated rings. The number of anilines is 1. The van der Waals surface area contributed by atoms with Crippen molar-refractivity contribution in [2.75, 3.05) is 51.5 Å². The van der Waals surface area contributed by atoms with Gasteiger partial charge < -0.3 is 20.1 Å². The summed E-state index contributed by atoms with van der Waals surface area (Å²) in [5.74, 6) is 2.60. The number of hydrogen-bond acceptors (Lipinski definition) is 5. The molecule has 10 heteroatoms. The summed E-state index contributed by atoms with van der Waals surface area (Å²) in [5, 5.41) is 6.60. The van der Waals surface area contributed by atoms with Gasteiger partial charge >= 0.3 is 0 Å². The van der Waals surface area contributed by atoms with Crippen LogP contribution in [-0.2, 0) is 10.0 Å². The zero-order valence-corrected chi connectivity index (χ0v) is 19.5. The van der Waals surface area contributed by atoms with Crippen LogP contribution in [0.1, 0.15) is 19.3 Å². The fourth-order valence-electron chi connectivity index (χ4n) is 3.24. The molecule has 0 atom stereocenters. The maximum absolute atomic E-state index is 11.6. The molecule has 1 aromatic carbocycles. The molecule has 1 aromatic rings. The number of hydrogen-bond donors (Lipinski definition) is 2. The van der Waals surface area contributed by atoms with Crippen LogP contribution in [0.15, 0.2) is 23.2 Å². The Morgan fingerprint density at radius 1 is 1.21 bits per heavy atom. The number of benzene rings is 1. The minimum atomic E-state index is -3.08. The Labute approximate surface area is 184 Å². The molecule has 0 aromatic heterocycles. The van der Waals surface area contributed by atoms with Gasteiger partial charge in [-0.15, -0.1) is 24.0 Å². The van der Waals surface area contributed by atoms with E-state index in [9.17, 15) is 8.42 Å². The highest BCUT2D eigenvalue weighted by atomic mass is 127. The Balaban J connectivity index is 0.00000280. The first-order chi connectivity index (χ1) is 13.0. The first-order valence-corrected chi connectivity index (χ1v) is 11.1. The van der Waals surface area contributed by atoms with Gasteiger partial charge in [0.2, 0.25) is 10.0 Å². The van der Waals surface area contributed by atoms with Gasteiger partial charge in [-0.2, -0.15) is 0 Å². The number of sulfonamides is 1. The summed E-state index contributed by atoms with van der Waals surface area (Å²) >= 11 is 0. The molecular weight excluding hydrogens is 495 g/mol. The number of fused-ring (bicyclic) bond motifs is 1. The minimum absolute atomic E-state index is 0. The van der Waals surface area contributed by atoms with Crippen molar-refractivity contribution in [3.05, 3.63) is 18.2 Å². The number of piperidine rings is 1. The Morgan fingerprint density at radius 3 is 2.54 bits per heavy atom. The second-order valence-corrected chi connectivity index (χ2v) is 8.88. The van der Waals surface area contributed by atoms with E-state index in [1.165, 1.54) is 6.26 Å². The van der Waals surface area contributed by atoms with Crippen molar-refractivity contribution in [3.63, 3.8) is 0 Å². The predicted molar refractivity (Wildman–Crippen MR) is 122 cm³/mol. The second kappa shape index (κ2) is 10.5. The first kappa shape index (κ1) is 23.0. The maximum Gasteiger partial charge on any atom is 0.211 e. The molecule has 0 bridgehead atoms. The molecule has 0 spiro atoms. The van der Waals surface area contributed by atoms with Gasteiger partial charge in [0.05, 0.1) is 19.5 Å². The van der Waals surface area contributed by atoms with Crippen molar-refractivity contribution in [2.24, 2.45) is 10.9 Å². The van der Waals surface area contributed by atoms with Crippen LogP contribution in [0, 0.1) is 5.92 Å². The number of guanidine groups is 1. The van der Waals surface area contributed by atoms with Gasteiger partial charge in [-0.1, -0.05) is 0 Å². The summed E-state index contributed by atoms with van der Waals surface area (Å²) in [6.07, 6.45) is 3.84. The molecule has 1 saturated heterocycles. The number of aliphatic imine (C=N–C) groups is 1. The van der Waals surface area contributed by atoms with E-state index in [0.717, 1.165) is 43.0 Å². The molecule has 2 aliphatic rings. The molecule has 3 rings (SSSR count). The summed E-state index contributed by atoms with van der Waals surface area (Å²) in [7, 11) is -1.35. The number of nitrogens with zero attached hydrogens (tertiary/aromatic N) is 2. The molecule has 8 nitrogen and oxygen atoms in total. The topological polar surface area (TPSA) is 92.3 Å². The summed E-state index contributed by atoms with van der Waals surface area (Å²) < 4.78 is 36.1. The van der Waals surface area contributed by atoms with E-state index < -0.39 is 10.0 Å². The van der Waals surface area contributed by atoms with Gasteiger partial charge in [0.25, 0.3) is 0 Å². The van der Waals surface area contributed by atoms with Crippen LogP contribution in [0.2, 0.25) is 0 Å². The van der Waals surface area contributed by atoms with Crippen LogP contribution in [0.5, 0.6) is 11.5 Å². The van der Waals surface area contributed by atoms with Crippen molar-refractivity contribution < 1.29 is 17.9 Å². The third kappa shape index (κ3) is 6.38. The number of ether oxygens (including phenoxy) is 2. The van der Waals surface area contributed by atoms with Gasteiger partial charge in [-0.25, -0.2) is 12.7 Å². The average Bonchev–Trinajstić information content (AvgIpc) is 2.89. The quantitative estimate of drug-likeness (QED) is 0.356. The molecule has 0 saturated carbocycles. The fraction of sp³-hybridized carbons (Fsp3) is 0.611. The second-order valence-electron chi connectivity index (χ2n) is 6.90. The Morgan fingerprint density at radius 2 is 1.89 bits per heavy atom. The third-order valence-corrected chi connectivity index (χ3v) is 6.14. The van der Waals surface area contributed by atoms with Gasteiger partial charge in [0, 0.05) is 44.9 Å². The van der Waals surface area contributed by atoms with Gasteiger partial charge in [0.15, 0.2) is 17.5 Å². The predicted octanol–water partition coefficient (Wildman–Crippen LogP) is 2.12. The molecule has 0 radical (unpaired) electrons. The van der Waals surface area contributed by atoms with Crippen molar-refractivity contribution in [2.45, 2.75) is 19.3 Å². The lowest BCUT2D eigenvalue weighted by Crippen LogP contribution is -2.42. The smallest absolute Gasteiger partial charge is 0.211 e. The number of nitrogens with one attached hydrogen (secondary N) is 2. The SMILES string of the molecule is CN=C(NCC1CCN(S(C)(=O)=O)CC1)Nc1ccc2c(c1)OCCCO2.I. The third-order valence-electron chi connectivity index (χ3n) is 4.83. The highest BCUT2D eigenvalue weighted by Crippen LogP contribution is 2.32. The molecule has 0 unspecified atom stereocenters. The first-order valence-electron chi connectivity index (χ1n) is 9.28. The van der Waals surface area contributed by atoms with E-state index in [4.69, 9.17) is 9.47 Å². The molecular formula is C18H29IN4O4S. The van der Waals surface area contributed by atoms with Crippen LogP contribution in [-0.4, -0.2) is 64.8 Å². The zero-order chi connectivity index (χ0) is 19.3. The lowest BCUT2D eigenvalue weighted by molar-refractivity contribution is 0.275. The van der Waals surface area contributed by atoms with E-state index in [0.29, 0.717) is 38.2 Å². The molecule has 28 heavy (non-hydrogen) atoms. The molecule has 2 heterocycles. The standard InChI is InChI=1S/C18H28N4O4S.HI/c1-19-18(20-13-14-6-8-22(9-7-14)27(2,23)24)21-15-4-5-16-17(12-15)26-11-3-10-25-16;/h4-5,12,14H,3,6-11,13H2,1-2H3,(H2,19,20,21);1H. The molecule has 2 aliphatic heterocycles. The van der Waals surface area contributed by atoms with Crippen molar-refractivity contribution >= 4 is 45.6 Å². The average molecular weight is 524 g/mol. The Hall–Kier alpha value is -1.27. The highest BCUT2D eigenvalue weighted by molar-refractivity contribution is 14.0. The molecule has 0 amide bonds. The van der Waals surface area contributed by atoms with Crippen molar-refractivity contribution in [1.29, 1.82) is 0 Å². The maximum atomic E-state index is 11.6. The van der Waals surface area contributed by atoms with Crippen LogP contribution in [0.4, 0.5) is 5.69 Å². The molecule has 2 N–H and O–H groups in total. The lowest BCUT2D eigenvalue weighted by Gasteiger charge is -2.30. The Kier molecular flexibility index (Phi) is 8.62. The van der Waals surface area contributed by atoms with Gasteiger partial charge in [0.1, 0.15) is 0 Å². The van der Waals surface area contributed by atoms with E-state index in [1.54, 1.807) is 11.4 Å². The van der Waals surface area contributed by atoms with Crippen molar-refractivity contribution in [1.82, 2.24) is 9.62 Å². The summed E-state index contributed by atoms with van der Waals surface area (Å²) in [6, 6.07) is 5.75. The van der Waals surface area contributed by atoms with E-state index in [-0.39, 0.29) is 24.0 Å². The minimum Gasteiger partial charge on any atom is -0.490 e. The van der Waals surface area contributed by atoms with Gasteiger partial charge in [-0.05, 0) is 30.9 Å². The largest absolute Gasteiger partial charge is 0.490 e. The lowest BCUT2D eigenvalue weighted by atomic mass is 9.98. The fourth-order valence-corrected chi connectivity index (χ4v) is 4.12. The number of rotatable bonds is 4. The van der Waals surface area contributed by atoms with Crippen LogP contribution >= 0.6 is 24.0 Å².